The predicted molar refractivity (Wildman–Crippen MR) is 77.1 cm³/mol. The minimum Gasteiger partial charge on any atom is -0.279 e. The standard InChI is InChI=1S/C9H6ClIN2O2S2/c10-9-12-5-8(16-9)17(14,15)13-7-3-1-6(11)2-4-7/h1-5,13H. The summed E-state index contributed by atoms with van der Waals surface area (Å²) >= 11 is 8.67. The fourth-order valence-corrected chi connectivity index (χ4v) is 3.80. The van der Waals surface area contributed by atoms with E-state index in [0.29, 0.717) is 5.69 Å². The van der Waals surface area contributed by atoms with Gasteiger partial charge in [0.05, 0.1) is 6.20 Å². The molecule has 0 radical (unpaired) electrons. The molecule has 2 rings (SSSR count). The lowest BCUT2D eigenvalue weighted by atomic mass is 10.3. The van der Waals surface area contributed by atoms with Gasteiger partial charge in [0.15, 0.2) is 8.68 Å². The number of aromatic nitrogens is 1. The highest BCUT2D eigenvalue weighted by Crippen LogP contribution is 2.24. The van der Waals surface area contributed by atoms with Crippen LogP contribution < -0.4 is 4.72 Å². The van der Waals surface area contributed by atoms with Crippen molar-refractivity contribution in [3.8, 4) is 0 Å². The van der Waals surface area contributed by atoms with Crippen LogP contribution in [0, 0.1) is 3.57 Å². The SMILES string of the molecule is O=S(=O)(Nc1ccc(I)cc1)c1cnc(Cl)s1. The molecule has 0 bridgehead atoms. The maximum atomic E-state index is 11.9. The smallest absolute Gasteiger partial charge is 0.273 e. The van der Waals surface area contributed by atoms with Crippen LogP contribution in [0.1, 0.15) is 0 Å². The molecule has 0 saturated heterocycles. The number of halogens is 2. The monoisotopic (exact) mass is 400 g/mol. The second kappa shape index (κ2) is 5.09. The molecule has 0 atom stereocenters. The number of nitrogens with one attached hydrogen (secondary N) is 1. The first-order chi connectivity index (χ1) is 7.97. The molecular formula is C9H6ClIN2O2S2. The van der Waals surface area contributed by atoms with Gasteiger partial charge in [-0.3, -0.25) is 4.72 Å². The van der Waals surface area contributed by atoms with E-state index >= 15 is 0 Å². The Bertz CT molecular complexity index is 625. The molecule has 1 N–H and O–H groups in total. The van der Waals surface area contributed by atoms with Crippen molar-refractivity contribution in [1.82, 2.24) is 4.98 Å². The molecule has 0 unspecified atom stereocenters. The van der Waals surface area contributed by atoms with Crippen molar-refractivity contribution >= 4 is 61.2 Å². The first-order valence-corrected chi connectivity index (χ1v) is 8.13. The quantitative estimate of drug-likeness (QED) is 0.805. The van der Waals surface area contributed by atoms with E-state index in [-0.39, 0.29) is 8.68 Å². The highest BCUT2D eigenvalue weighted by molar-refractivity contribution is 14.1. The van der Waals surface area contributed by atoms with Crippen molar-refractivity contribution in [3.63, 3.8) is 0 Å². The van der Waals surface area contributed by atoms with Gasteiger partial charge in [0.1, 0.15) is 0 Å². The van der Waals surface area contributed by atoms with Crippen LogP contribution in [0.25, 0.3) is 0 Å². The Hall–Kier alpha value is -0.380. The minimum absolute atomic E-state index is 0.0982. The predicted octanol–water partition coefficient (Wildman–Crippen LogP) is 3.20. The third-order valence-corrected chi connectivity index (χ3v) is 5.49. The van der Waals surface area contributed by atoms with Crippen LogP contribution in [0.15, 0.2) is 34.7 Å². The molecule has 0 aliphatic heterocycles. The normalized spacial score (nSPS) is 11.4. The lowest BCUT2D eigenvalue weighted by molar-refractivity contribution is 0.603. The highest BCUT2D eigenvalue weighted by Gasteiger charge is 2.17. The maximum absolute atomic E-state index is 11.9. The molecule has 90 valence electrons. The highest BCUT2D eigenvalue weighted by atomic mass is 127. The van der Waals surface area contributed by atoms with Crippen LogP contribution in [-0.4, -0.2) is 13.4 Å². The number of hydrogen-bond acceptors (Lipinski definition) is 4. The first-order valence-electron chi connectivity index (χ1n) is 4.37. The second-order valence-corrected chi connectivity index (χ2v) is 7.81. The lowest BCUT2D eigenvalue weighted by Gasteiger charge is -2.05. The Kier molecular flexibility index (Phi) is 3.91. The zero-order valence-corrected chi connectivity index (χ0v) is 12.8. The second-order valence-electron chi connectivity index (χ2n) is 3.04. The lowest BCUT2D eigenvalue weighted by Crippen LogP contribution is -2.11. The van der Waals surface area contributed by atoms with E-state index in [0.717, 1.165) is 14.9 Å². The number of thiazole rings is 1. The number of sulfonamides is 1. The van der Waals surface area contributed by atoms with Crippen LogP contribution in [0.2, 0.25) is 4.47 Å². The van der Waals surface area contributed by atoms with Gasteiger partial charge in [-0.2, -0.15) is 0 Å². The molecular weight excluding hydrogens is 395 g/mol. The molecule has 8 heteroatoms. The fraction of sp³-hybridized carbons (Fsp3) is 0. The average Bonchev–Trinajstić information content (AvgIpc) is 2.69. The molecule has 2 aromatic rings. The molecule has 0 saturated carbocycles. The van der Waals surface area contributed by atoms with E-state index in [2.05, 4.69) is 32.3 Å². The number of hydrogen-bond donors (Lipinski definition) is 1. The van der Waals surface area contributed by atoms with Crippen molar-refractivity contribution in [3.05, 3.63) is 38.5 Å². The summed E-state index contributed by atoms with van der Waals surface area (Å²) in [6.07, 6.45) is 1.24. The molecule has 1 heterocycles. The Morgan fingerprint density at radius 3 is 2.47 bits per heavy atom. The van der Waals surface area contributed by atoms with Crippen molar-refractivity contribution in [2.75, 3.05) is 4.72 Å². The van der Waals surface area contributed by atoms with Gasteiger partial charge >= 0.3 is 0 Å². The third-order valence-electron chi connectivity index (χ3n) is 1.82. The Morgan fingerprint density at radius 1 is 1.29 bits per heavy atom. The van der Waals surface area contributed by atoms with Gasteiger partial charge in [0, 0.05) is 9.26 Å². The number of benzene rings is 1. The van der Waals surface area contributed by atoms with E-state index in [1.807, 2.05) is 12.1 Å². The molecule has 0 spiro atoms. The molecule has 4 nitrogen and oxygen atoms in total. The molecule has 1 aromatic heterocycles. The summed E-state index contributed by atoms with van der Waals surface area (Å²) in [7, 11) is -3.59. The first kappa shape index (κ1) is 13.1. The fourth-order valence-electron chi connectivity index (χ4n) is 1.09. The van der Waals surface area contributed by atoms with E-state index in [1.165, 1.54) is 6.20 Å². The third kappa shape index (κ3) is 3.30. The van der Waals surface area contributed by atoms with Crippen LogP contribution in [0.4, 0.5) is 5.69 Å². The Labute approximate surface area is 121 Å². The van der Waals surface area contributed by atoms with Crippen LogP contribution in [-0.2, 0) is 10.0 Å². The van der Waals surface area contributed by atoms with E-state index in [4.69, 9.17) is 11.6 Å². The average molecular weight is 401 g/mol. The van der Waals surface area contributed by atoms with Crippen molar-refractivity contribution in [1.29, 1.82) is 0 Å². The summed E-state index contributed by atoms with van der Waals surface area (Å²) in [6, 6.07) is 7.03. The van der Waals surface area contributed by atoms with Gasteiger partial charge in [-0.15, -0.1) is 0 Å². The zero-order chi connectivity index (χ0) is 12.5. The van der Waals surface area contributed by atoms with E-state index < -0.39 is 10.0 Å². The zero-order valence-electron chi connectivity index (χ0n) is 8.22. The van der Waals surface area contributed by atoms with Crippen molar-refractivity contribution < 1.29 is 8.42 Å². The van der Waals surface area contributed by atoms with Gasteiger partial charge in [0.25, 0.3) is 10.0 Å². The molecule has 0 aliphatic rings. The molecule has 17 heavy (non-hydrogen) atoms. The van der Waals surface area contributed by atoms with Gasteiger partial charge in [0.2, 0.25) is 0 Å². The number of rotatable bonds is 3. The van der Waals surface area contributed by atoms with Crippen molar-refractivity contribution in [2.24, 2.45) is 0 Å². The van der Waals surface area contributed by atoms with Gasteiger partial charge in [-0.1, -0.05) is 22.9 Å². The summed E-state index contributed by atoms with van der Waals surface area (Å²) in [4.78, 5) is 3.70. The summed E-state index contributed by atoms with van der Waals surface area (Å²) in [6.45, 7) is 0. The number of nitrogens with zero attached hydrogens (tertiary/aromatic N) is 1. The molecule has 1 aromatic carbocycles. The summed E-state index contributed by atoms with van der Waals surface area (Å²) in [5.74, 6) is 0. The molecule has 0 fully saturated rings. The molecule has 0 aliphatic carbocycles. The Morgan fingerprint density at radius 2 is 1.94 bits per heavy atom. The maximum Gasteiger partial charge on any atom is 0.273 e. The van der Waals surface area contributed by atoms with Gasteiger partial charge in [-0.05, 0) is 46.9 Å². The molecule has 0 amide bonds. The van der Waals surface area contributed by atoms with Crippen LogP contribution >= 0.6 is 45.5 Å². The van der Waals surface area contributed by atoms with E-state index in [9.17, 15) is 8.42 Å². The van der Waals surface area contributed by atoms with Gasteiger partial charge in [-0.25, -0.2) is 13.4 Å². The van der Waals surface area contributed by atoms with Crippen molar-refractivity contribution in [2.45, 2.75) is 4.21 Å². The van der Waals surface area contributed by atoms with Crippen LogP contribution in [0.5, 0.6) is 0 Å². The van der Waals surface area contributed by atoms with Gasteiger partial charge < -0.3 is 0 Å². The Balaban J connectivity index is 2.26. The minimum atomic E-state index is -3.59. The summed E-state index contributed by atoms with van der Waals surface area (Å²) in [5, 5.41) is 0. The largest absolute Gasteiger partial charge is 0.279 e. The number of anilines is 1. The van der Waals surface area contributed by atoms with E-state index in [1.54, 1.807) is 12.1 Å². The topological polar surface area (TPSA) is 59.1 Å². The van der Waals surface area contributed by atoms with Crippen LogP contribution in [0.3, 0.4) is 0 Å². The summed E-state index contributed by atoms with van der Waals surface area (Å²) in [5.41, 5.74) is 0.509. The summed E-state index contributed by atoms with van der Waals surface area (Å²) < 4.78 is 27.6.